The van der Waals surface area contributed by atoms with Crippen LogP contribution in [0.4, 0.5) is 10.1 Å². The molecular weight excluding hydrogens is 327 g/mol. The summed E-state index contributed by atoms with van der Waals surface area (Å²) in [4.78, 5) is 12.4. The van der Waals surface area contributed by atoms with Crippen LogP contribution < -0.4 is 10.6 Å². The van der Waals surface area contributed by atoms with E-state index in [4.69, 9.17) is 11.6 Å². The van der Waals surface area contributed by atoms with Gasteiger partial charge in [-0.3, -0.25) is 4.79 Å². The summed E-state index contributed by atoms with van der Waals surface area (Å²) in [6.45, 7) is 1.45. The third-order valence-corrected chi connectivity index (χ3v) is 5.10. The van der Waals surface area contributed by atoms with Crippen molar-refractivity contribution in [1.82, 2.24) is 5.32 Å². The van der Waals surface area contributed by atoms with Gasteiger partial charge < -0.3 is 10.6 Å². The number of halogens is 2. The first-order chi connectivity index (χ1) is 11.6. The van der Waals surface area contributed by atoms with Crippen molar-refractivity contribution in [2.75, 3.05) is 11.9 Å². The molecule has 1 saturated carbocycles. The lowest BCUT2D eigenvalue weighted by molar-refractivity contribution is -0.117. The molecule has 1 heterocycles. The van der Waals surface area contributed by atoms with E-state index in [1.165, 1.54) is 0 Å². The Hall–Kier alpha value is -1.91. The minimum Gasteiger partial charge on any atom is -0.323 e. The van der Waals surface area contributed by atoms with Gasteiger partial charge in [-0.15, -0.1) is 0 Å². The summed E-state index contributed by atoms with van der Waals surface area (Å²) >= 11 is 6.01. The lowest BCUT2D eigenvalue weighted by Gasteiger charge is -2.19. The third kappa shape index (κ3) is 2.92. The summed E-state index contributed by atoms with van der Waals surface area (Å²) < 4.78 is 14.6. The zero-order chi connectivity index (χ0) is 16.7. The maximum Gasteiger partial charge on any atom is 0.228 e. The minimum atomic E-state index is -0.290. The average molecular weight is 345 g/mol. The monoisotopic (exact) mass is 344 g/mol. The molecule has 2 unspecified atom stereocenters. The lowest BCUT2D eigenvalue weighted by Crippen LogP contribution is -2.25. The highest BCUT2D eigenvalue weighted by atomic mass is 35.5. The van der Waals surface area contributed by atoms with Crippen LogP contribution in [0.3, 0.4) is 0 Å². The Bertz CT molecular complexity index is 808. The highest BCUT2D eigenvalue weighted by molar-refractivity contribution is 6.30. The van der Waals surface area contributed by atoms with E-state index in [-0.39, 0.29) is 29.2 Å². The number of benzene rings is 2. The van der Waals surface area contributed by atoms with Crippen molar-refractivity contribution >= 4 is 23.2 Å². The standard InChI is InChI=1S/C19H18ClFN2O/c20-13-3-1-2-11(8-13)15-9-16(15)19(24)23-17-5-4-12-10-22-7-6-14(12)18(17)21/h1-5,8,15-16,22H,6-7,9-10H2,(H,23,24). The van der Waals surface area contributed by atoms with Crippen molar-refractivity contribution in [3.8, 4) is 0 Å². The van der Waals surface area contributed by atoms with E-state index < -0.39 is 0 Å². The van der Waals surface area contributed by atoms with Crippen LogP contribution in [0.2, 0.25) is 5.02 Å². The molecule has 4 rings (SSSR count). The molecule has 3 nitrogen and oxygen atoms in total. The summed E-state index contributed by atoms with van der Waals surface area (Å²) in [5.74, 6) is -0.343. The maximum absolute atomic E-state index is 14.6. The van der Waals surface area contributed by atoms with Crippen LogP contribution in [0.15, 0.2) is 36.4 Å². The largest absolute Gasteiger partial charge is 0.323 e. The number of hydrogen-bond donors (Lipinski definition) is 2. The molecule has 124 valence electrons. The lowest BCUT2D eigenvalue weighted by atomic mass is 9.99. The van der Waals surface area contributed by atoms with Gasteiger partial charge in [0.2, 0.25) is 5.91 Å². The molecular formula is C19H18ClFN2O. The summed E-state index contributed by atoms with van der Waals surface area (Å²) in [7, 11) is 0. The van der Waals surface area contributed by atoms with Crippen LogP contribution in [-0.2, 0) is 17.8 Å². The molecule has 0 bridgehead atoms. The van der Waals surface area contributed by atoms with Gasteiger partial charge in [0, 0.05) is 17.5 Å². The SMILES string of the molecule is O=C(Nc1ccc2c(c1F)CCNC2)C1CC1c1cccc(Cl)c1. The predicted molar refractivity (Wildman–Crippen MR) is 92.7 cm³/mol. The third-order valence-electron chi connectivity index (χ3n) is 4.87. The Balaban J connectivity index is 1.48. The van der Waals surface area contributed by atoms with Gasteiger partial charge in [-0.2, -0.15) is 0 Å². The highest BCUT2D eigenvalue weighted by Crippen LogP contribution is 2.48. The summed E-state index contributed by atoms with van der Waals surface area (Å²) in [5, 5.41) is 6.66. The molecule has 2 N–H and O–H groups in total. The van der Waals surface area contributed by atoms with E-state index in [0.29, 0.717) is 23.6 Å². The minimum absolute atomic E-state index is 0.111. The van der Waals surface area contributed by atoms with Gasteiger partial charge in [0.1, 0.15) is 5.82 Å². The van der Waals surface area contributed by atoms with Crippen LogP contribution >= 0.6 is 11.6 Å². The van der Waals surface area contributed by atoms with E-state index >= 15 is 0 Å². The van der Waals surface area contributed by atoms with Crippen LogP contribution in [-0.4, -0.2) is 12.5 Å². The normalized spacial score (nSPS) is 21.9. The first kappa shape index (κ1) is 15.6. The zero-order valence-corrected chi connectivity index (χ0v) is 13.9. The van der Waals surface area contributed by atoms with Crippen LogP contribution in [0.25, 0.3) is 0 Å². The van der Waals surface area contributed by atoms with Crippen molar-refractivity contribution in [3.05, 3.63) is 63.9 Å². The van der Waals surface area contributed by atoms with Crippen molar-refractivity contribution in [2.45, 2.75) is 25.3 Å². The van der Waals surface area contributed by atoms with Gasteiger partial charge >= 0.3 is 0 Å². The molecule has 1 amide bonds. The van der Waals surface area contributed by atoms with Crippen LogP contribution in [0, 0.1) is 11.7 Å². The number of carbonyl (C=O) groups is 1. The van der Waals surface area contributed by atoms with Crippen molar-refractivity contribution in [2.24, 2.45) is 5.92 Å². The number of fused-ring (bicyclic) bond motifs is 1. The van der Waals surface area contributed by atoms with Gasteiger partial charge in [-0.05, 0) is 60.2 Å². The molecule has 1 fully saturated rings. The van der Waals surface area contributed by atoms with Gasteiger partial charge in [-0.25, -0.2) is 4.39 Å². The van der Waals surface area contributed by atoms with E-state index in [1.807, 2.05) is 30.3 Å². The van der Waals surface area contributed by atoms with E-state index in [9.17, 15) is 9.18 Å². The number of anilines is 1. The van der Waals surface area contributed by atoms with Crippen molar-refractivity contribution in [3.63, 3.8) is 0 Å². The molecule has 0 radical (unpaired) electrons. The fourth-order valence-electron chi connectivity index (χ4n) is 3.45. The molecule has 5 heteroatoms. The first-order valence-corrected chi connectivity index (χ1v) is 8.58. The molecule has 1 aliphatic heterocycles. The number of rotatable bonds is 3. The molecule has 2 aliphatic rings. The molecule has 24 heavy (non-hydrogen) atoms. The van der Waals surface area contributed by atoms with Crippen LogP contribution in [0.5, 0.6) is 0 Å². The molecule has 2 aromatic carbocycles. The topological polar surface area (TPSA) is 41.1 Å². The number of amides is 1. The second-order valence-electron chi connectivity index (χ2n) is 6.48. The number of hydrogen-bond acceptors (Lipinski definition) is 2. The summed E-state index contributed by atoms with van der Waals surface area (Å²) in [5.41, 5.74) is 3.05. The van der Waals surface area contributed by atoms with E-state index in [1.54, 1.807) is 6.07 Å². The Morgan fingerprint density at radius 2 is 2.17 bits per heavy atom. The maximum atomic E-state index is 14.6. The molecule has 2 aromatic rings. The Morgan fingerprint density at radius 3 is 3.00 bits per heavy atom. The number of carbonyl (C=O) groups excluding carboxylic acids is 1. The molecule has 1 aliphatic carbocycles. The summed E-state index contributed by atoms with van der Waals surface area (Å²) in [6, 6.07) is 11.1. The highest BCUT2D eigenvalue weighted by Gasteiger charge is 2.44. The fraction of sp³-hybridized carbons (Fsp3) is 0.316. The van der Waals surface area contributed by atoms with E-state index in [2.05, 4.69) is 10.6 Å². The Morgan fingerprint density at radius 1 is 1.29 bits per heavy atom. The van der Waals surface area contributed by atoms with Crippen molar-refractivity contribution < 1.29 is 9.18 Å². The smallest absolute Gasteiger partial charge is 0.228 e. The van der Waals surface area contributed by atoms with Gasteiger partial charge in [0.25, 0.3) is 0 Å². The average Bonchev–Trinajstić information content (AvgIpc) is 3.38. The molecule has 0 saturated heterocycles. The van der Waals surface area contributed by atoms with Crippen LogP contribution in [0.1, 0.15) is 29.0 Å². The molecule has 0 aromatic heterocycles. The number of nitrogens with one attached hydrogen (secondary N) is 2. The van der Waals surface area contributed by atoms with Gasteiger partial charge in [-0.1, -0.05) is 29.8 Å². The quantitative estimate of drug-likeness (QED) is 0.887. The van der Waals surface area contributed by atoms with Gasteiger partial charge in [0.15, 0.2) is 0 Å². The second kappa shape index (κ2) is 6.19. The van der Waals surface area contributed by atoms with Crippen molar-refractivity contribution in [1.29, 1.82) is 0 Å². The second-order valence-corrected chi connectivity index (χ2v) is 6.92. The first-order valence-electron chi connectivity index (χ1n) is 8.21. The fourth-order valence-corrected chi connectivity index (χ4v) is 3.64. The Labute approximate surface area is 145 Å². The zero-order valence-electron chi connectivity index (χ0n) is 13.1. The van der Waals surface area contributed by atoms with E-state index in [0.717, 1.165) is 24.1 Å². The Kier molecular flexibility index (Phi) is 4.02. The molecule has 2 atom stereocenters. The summed E-state index contributed by atoms with van der Waals surface area (Å²) in [6.07, 6.45) is 1.43. The predicted octanol–water partition coefficient (Wildman–Crippen LogP) is 3.87. The van der Waals surface area contributed by atoms with Gasteiger partial charge in [0.05, 0.1) is 5.69 Å². The molecule has 0 spiro atoms.